The van der Waals surface area contributed by atoms with Crippen LogP contribution in [0.15, 0.2) is 65.1 Å². The molecule has 0 heterocycles. The Hall–Kier alpha value is -1.96. The van der Waals surface area contributed by atoms with Crippen molar-refractivity contribution >= 4 is 62.4 Å². The summed E-state index contributed by atoms with van der Waals surface area (Å²) in [6.45, 7) is 0.247. The molecule has 0 aliphatic carbocycles. The Labute approximate surface area is 187 Å². The van der Waals surface area contributed by atoms with E-state index in [9.17, 15) is 5.26 Å². The zero-order valence-electron chi connectivity index (χ0n) is 14.4. The molecule has 0 amide bonds. The summed E-state index contributed by atoms with van der Waals surface area (Å²) in [5, 5.41) is 10.8. The quantitative estimate of drug-likeness (QED) is 0.266. The second-order valence-corrected chi connectivity index (χ2v) is 8.01. The predicted octanol–water partition coefficient (Wildman–Crippen LogP) is 8.05. The van der Waals surface area contributed by atoms with Gasteiger partial charge >= 0.3 is 0 Å². The van der Waals surface area contributed by atoms with Crippen LogP contribution in [0.25, 0.3) is 11.6 Å². The molecule has 0 radical (unpaired) electrons. The standard InChI is InChI=1S/C22H13BrCl3NO/c23-18-7-5-15(6-8-18)17(12-27)9-14-10-20(25)22(21(26)11-14)28-13-16-3-1-2-4-19(16)24/h1-11H,13H2/b17-9+. The van der Waals surface area contributed by atoms with Gasteiger partial charge in [-0.3, -0.25) is 0 Å². The van der Waals surface area contributed by atoms with Crippen molar-refractivity contribution in [1.82, 2.24) is 0 Å². The number of nitrogens with zero attached hydrogens (tertiary/aromatic N) is 1. The van der Waals surface area contributed by atoms with Crippen LogP contribution in [-0.4, -0.2) is 0 Å². The van der Waals surface area contributed by atoms with E-state index in [1.807, 2.05) is 42.5 Å². The summed E-state index contributed by atoms with van der Waals surface area (Å²) in [6.07, 6.45) is 1.73. The number of hydrogen-bond donors (Lipinski definition) is 0. The largest absolute Gasteiger partial charge is 0.486 e. The molecule has 0 saturated heterocycles. The van der Waals surface area contributed by atoms with E-state index in [2.05, 4.69) is 22.0 Å². The van der Waals surface area contributed by atoms with Gasteiger partial charge in [-0.2, -0.15) is 5.26 Å². The summed E-state index contributed by atoms with van der Waals surface area (Å²) in [5.41, 5.74) is 2.85. The third-order valence-corrected chi connectivity index (χ3v) is 5.40. The van der Waals surface area contributed by atoms with Gasteiger partial charge in [0, 0.05) is 15.1 Å². The molecule has 28 heavy (non-hydrogen) atoms. The highest BCUT2D eigenvalue weighted by Crippen LogP contribution is 2.36. The predicted molar refractivity (Wildman–Crippen MR) is 120 cm³/mol. The van der Waals surface area contributed by atoms with Crippen molar-refractivity contribution in [3.63, 3.8) is 0 Å². The number of nitriles is 1. The second kappa shape index (κ2) is 9.49. The van der Waals surface area contributed by atoms with Gasteiger partial charge in [0.2, 0.25) is 0 Å². The maximum atomic E-state index is 9.51. The molecule has 0 spiro atoms. The summed E-state index contributed by atoms with van der Waals surface area (Å²) in [7, 11) is 0. The van der Waals surface area contributed by atoms with Crippen LogP contribution in [0.4, 0.5) is 0 Å². The maximum absolute atomic E-state index is 9.51. The van der Waals surface area contributed by atoms with Gasteiger partial charge in [0.05, 0.1) is 21.7 Å². The Bertz CT molecular complexity index is 1050. The van der Waals surface area contributed by atoms with Gasteiger partial charge in [0.1, 0.15) is 6.61 Å². The fourth-order valence-electron chi connectivity index (χ4n) is 2.54. The first-order valence-corrected chi connectivity index (χ1v) is 10.1. The lowest BCUT2D eigenvalue weighted by molar-refractivity contribution is 0.306. The van der Waals surface area contributed by atoms with E-state index in [1.165, 1.54) is 0 Å². The first-order valence-electron chi connectivity index (χ1n) is 8.21. The average Bonchev–Trinajstić information content (AvgIpc) is 2.67. The van der Waals surface area contributed by atoms with Crippen molar-refractivity contribution in [2.45, 2.75) is 6.61 Å². The second-order valence-electron chi connectivity index (χ2n) is 5.87. The van der Waals surface area contributed by atoms with E-state index < -0.39 is 0 Å². The molecule has 6 heteroatoms. The van der Waals surface area contributed by atoms with Gasteiger partial charge in [0.25, 0.3) is 0 Å². The normalized spacial score (nSPS) is 11.2. The SMILES string of the molecule is N#C/C(=C\c1cc(Cl)c(OCc2ccccc2Cl)c(Cl)c1)c1ccc(Br)cc1. The minimum Gasteiger partial charge on any atom is -0.486 e. The number of rotatable bonds is 5. The van der Waals surface area contributed by atoms with E-state index in [4.69, 9.17) is 39.5 Å². The number of hydrogen-bond acceptors (Lipinski definition) is 2. The fourth-order valence-corrected chi connectivity index (χ4v) is 3.61. The lowest BCUT2D eigenvalue weighted by Gasteiger charge is -2.12. The summed E-state index contributed by atoms with van der Waals surface area (Å²) in [4.78, 5) is 0. The molecule has 0 saturated carbocycles. The molecule has 0 N–H and O–H groups in total. The Kier molecular flexibility index (Phi) is 7.04. The van der Waals surface area contributed by atoms with Crippen LogP contribution in [0.5, 0.6) is 5.75 Å². The zero-order valence-corrected chi connectivity index (χ0v) is 18.3. The molecule has 0 atom stereocenters. The van der Waals surface area contributed by atoms with Crippen molar-refractivity contribution < 1.29 is 4.74 Å². The van der Waals surface area contributed by atoms with Crippen molar-refractivity contribution in [2.75, 3.05) is 0 Å². The Balaban J connectivity index is 1.86. The van der Waals surface area contributed by atoms with Gasteiger partial charge in [-0.05, 0) is 47.5 Å². The van der Waals surface area contributed by atoms with Crippen LogP contribution >= 0.6 is 50.7 Å². The summed E-state index contributed by atoms with van der Waals surface area (Å²) < 4.78 is 6.72. The summed E-state index contributed by atoms with van der Waals surface area (Å²) in [6, 6.07) is 20.5. The molecule has 0 bridgehead atoms. The number of allylic oxidation sites excluding steroid dienone is 1. The first-order chi connectivity index (χ1) is 13.5. The van der Waals surface area contributed by atoms with Crippen molar-refractivity contribution in [2.24, 2.45) is 0 Å². The van der Waals surface area contributed by atoms with Crippen LogP contribution in [0.3, 0.4) is 0 Å². The molecule has 0 aliphatic heterocycles. The van der Waals surface area contributed by atoms with Crippen LogP contribution in [0.1, 0.15) is 16.7 Å². The molecule has 3 rings (SSSR count). The van der Waals surface area contributed by atoms with Crippen LogP contribution in [0.2, 0.25) is 15.1 Å². The Morgan fingerprint density at radius 2 is 1.61 bits per heavy atom. The van der Waals surface area contributed by atoms with Gasteiger partial charge in [-0.15, -0.1) is 0 Å². The summed E-state index contributed by atoms with van der Waals surface area (Å²) in [5.74, 6) is 0.377. The molecular weight excluding hydrogens is 481 g/mol. The van der Waals surface area contributed by atoms with Gasteiger partial charge in [-0.25, -0.2) is 0 Å². The number of benzene rings is 3. The molecule has 0 aliphatic rings. The lowest BCUT2D eigenvalue weighted by atomic mass is 10.0. The maximum Gasteiger partial charge on any atom is 0.157 e. The van der Waals surface area contributed by atoms with Gasteiger partial charge in [-0.1, -0.05) is 81.1 Å². The number of ether oxygens (including phenoxy) is 1. The van der Waals surface area contributed by atoms with Crippen molar-refractivity contribution in [3.05, 3.63) is 96.9 Å². The molecule has 3 aromatic rings. The fraction of sp³-hybridized carbons (Fsp3) is 0.0455. The molecule has 0 aromatic heterocycles. The Morgan fingerprint density at radius 1 is 0.964 bits per heavy atom. The minimum absolute atomic E-state index is 0.247. The summed E-state index contributed by atoms with van der Waals surface area (Å²) >= 11 is 22.3. The van der Waals surface area contributed by atoms with E-state index in [0.717, 1.165) is 15.6 Å². The first kappa shape index (κ1) is 20.8. The van der Waals surface area contributed by atoms with E-state index in [-0.39, 0.29) is 6.61 Å². The average molecular weight is 494 g/mol. The van der Waals surface area contributed by atoms with Crippen molar-refractivity contribution in [1.29, 1.82) is 5.26 Å². The van der Waals surface area contributed by atoms with Gasteiger partial charge < -0.3 is 4.74 Å². The molecule has 0 unspecified atom stereocenters. The monoisotopic (exact) mass is 491 g/mol. The van der Waals surface area contributed by atoms with Gasteiger partial charge in [0.15, 0.2) is 5.75 Å². The lowest BCUT2D eigenvalue weighted by Crippen LogP contribution is -1.97. The molecule has 3 aromatic carbocycles. The molecular formula is C22H13BrCl3NO. The highest BCUT2D eigenvalue weighted by molar-refractivity contribution is 9.10. The highest BCUT2D eigenvalue weighted by Gasteiger charge is 2.11. The van der Waals surface area contributed by atoms with Crippen LogP contribution in [0, 0.1) is 11.3 Å². The van der Waals surface area contributed by atoms with E-state index >= 15 is 0 Å². The van der Waals surface area contributed by atoms with E-state index in [1.54, 1.807) is 24.3 Å². The topological polar surface area (TPSA) is 33.0 Å². The molecule has 2 nitrogen and oxygen atoms in total. The smallest absolute Gasteiger partial charge is 0.157 e. The Morgan fingerprint density at radius 3 is 2.21 bits per heavy atom. The third kappa shape index (κ3) is 5.10. The highest BCUT2D eigenvalue weighted by atomic mass is 79.9. The van der Waals surface area contributed by atoms with Crippen LogP contribution in [-0.2, 0) is 6.61 Å². The zero-order chi connectivity index (χ0) is 20.1. The molecule has 0 fully saturated rings. The van der Waals surface area contributed by atoms with E-state index in [0.29, 0.717) is 32.0 Å². The minimum atomic E-state index is 0.247. The molecule has 140 valence electrons. The van der Waals surface area contributed by atoms with Crippen molar-refractivity contribution in [3.8, 4) is 11.8 Å². The third-order valence-electron chi connectivity index (χ3n) is 3.94. The van der Waals surface area contributed by atoms with Crippen LogP contribution < -0.4 is 4.74 Å². The number of halogens is 4.